The average molecular weight is 285 g/mol. The summed E-state index contributed by atoms with van der Waals surface area (Å²) in [4.78, 5) is 10.7. The first-order valence-corrected chi connectivity index (χ1v) is 6.68. The molecule has 2 nitrogen and oxygen atoms in total. The van der Waals surface area contributed by atoms with Crippen LogP contribution in [0.4, 0.5) is 0 Å². The molecule has 0 aliphatic carbocycles. The van der Waals surface area contributed by atoms with E-state index in [9.17, 15) is 4.79 Å². The van der Waals surface area contributed by atoms with Crippen molar-refractivity contribution in [2.45, 2.75) is 32.6 Å². The van der Waals surface area contributed by atoms with E-state index in [1.165, 1.54) is 5.56 Å². The van der Waals surface area contributed by atoms with Crippen LogP contribution in [0.5, 0.6) is 0 Å². The fourth-order valence-corrected chi connectivity index (χ4v) is 2.05. The highest BCUT2D eigenvalue weighted by molar-refractivity contribution is 9.09. The molecule has 88 valence electrons. The lowest BCUT2D eigenvalue weighted by atomic mass is 9.98. The molecule has 0 bridgehead atoms. The van der Waals surface area contributed by atoms with Gasteiger partial charge >= 0.3 is 5.97 Å². The zero-order chi connectivity index (χ0) is 12.0. The van der Waals surface area contributed by atoms with Crippen molar-refractivity contribution >= 4 is 21.9 Å². The summed E-state index contributed by atoms with van der Waals surface area (Å²) in [6.07, 6.45) is 3.18. The molecule has 0 unspecified atom stereocenters. The molecule has 0 atom stereocenters. The number of hydrogen-bond donors (Lipinski definition) is 1. The highest BCUT2D eigenvalue weighted by Gasteiger charge is 2.06. The highest BCUT2D eigenvalue weighted by Crippen LogP contribution is 2.15. The van der Waals surface area contributed by atoms with Gasteiger partial charge in [-0.1, -0.05) is 41.1 Å². The molecule has 3 heteroatoms. The molecule has 1 rings (SSSR count). The maximum Gasteiger partial charge on any atom is 0.307 e. The predicted octanol–water partition coefficient (Wildman–Crippen LogP) is 3.20. The van der Waals surface area contributed by atoms with Gasteiger partial charge in [-0.25, -0.2) is 0 Å². The molecular formula is C13H17BrO2. The molecule has 0 spiro atoms. The molecule has 0 heterocycles. The van der Waals surface area contributed by atoms with Crippen LogP contribution in [0.1, 0.15) is 30.0 Å². The van der Waals surface area contributed by atoms with E-state index in [4.69, 9.17) is 5.11 Å². The molecule has 0 radical (unpaired) electrons. The highest BCUT2D eigenvalue weighted by atomic mass is 79.9. The van der Waals surface area contributed by atoms with Gasteiger partial charge in [-0.2, -0.15) is 0 Å². The predicted molar refractivity (Wildman–Crippen MR) is 69.3 cm³/mol. The lowest BCUT2D eigenvalue weighted by Crippen LogP contribution is -2.04. The fourth-order valence-electron chi connectivity index (χ4n) is 1.77. The van der Waals surface area contributed by atoms with Crippen molar-refractivity contribution in [2.24, 2.45) is 0 Å². The van der Waals surface area contributed by atoms with Crippen LogP contribution >= 0.6 is 15.9 Å². The van der Waals surface area contributed by atoms with Crippen LogP contribution in [-0.4, -0.2) is 16.4 Å². The van der Waals surface area contributed by atoms with Gasteiger partial charge in [0.05, 0.1) is 6.42 Å². The number of aryl methyl sites for hydroxylation is 2. The summed E-state index contributed by atoms with van der Waals surface area (Å²) in [5.74, 6) is -0.761. The second-order valence-corrected chi connectivity index (χ2v) is 4.61. The molecule has 1 aromatic rings. The van der Waals surface area contributed by atoms with E-state index in [1.807, 2.05) is 12.1 Å². The summed E-state index contributed by atoms with van der Waals surface area (Å²) in [5.41, 5.74) is 3.40. The van der Waals surface area contributed by atoms with Crippen LogP contribution in [0.25, 0.3) is 0 Å². The van der Waals surface area contributed by atoms with Crippen LogP contribution < -0.4 is 0 Å². The van der Waals surface area contributed by atoms with Gasteiger partial charge in [0.15, 0.2) is 0 Å². The minimum atomic E-state index is -0.761. The summed E-state index contributed by atoms with van der Waals surface area (Å²) in [6, 6.07) is 6.14. The van der Waals surface area contributed by atoms with Crippen LogP contribution in [0.2, 0.25) is 0 Å². The Kier molecular flexibility index (Phi) is 5.53. The van der Waals surface area contributed by atoms with Crippen molar-refractivity contribution in [2.75, 3.05) is 5.33 Å². The number of aliphatic carboxylic acids is 1. The number of benzene rings is 1. The fraction of sp³-hybridized carbons (Fsp3) is 0.462. The minimum Gasteiger partial charge on any atom is -0.481 e. The van der Waals surface area contributed by atoms with Crippen molar-refractivity contribution in [1.29, 1.82) is 0 Å². The van der Waals surface area contributed by atoms with Crippen LogP contribution in [0, 0.1) is 0 Å². The number of halogens is 1. The Hall–Kier alpha value is -0.830. The Balaban J connectivity index is 2.83. The van der Waals surface area contributed by atoms with Gasteiger partial charge < -0.3 is 5.11 Å². The van der Waals surface area contributed by atoms with E-state index in [1.54, 1.807) is 0 Å². The minimum absolute atomic E-state index is 0.127. The molecule has 0 aromatic heterocycles. The molecule has 1 N–H and O–H groups in total. The first-order valence-electron chi connectivity index (χ1n) is 5.55. The third-order valence-electron chi connectivity index (χ3n) is 2.59. The Bertz CT molecular complexity index is 361. The third-order valence-corrected chi connectivity index (χ3v) is 3.15. The quantitative estimate of drug-likeness (QED) is 0.815. The van der Waals surface area contributed by atoms with Crippen LogP contribution in [0.3, 0.4) is 0 Å². The molecule has 16 heavy (non-hydrogen) atoms. The summed E-state index contributed by atoms with van der Waals surface area (Å²) in [7, 11) is 0. The standard InChI is InChI=1S/C13H17BrO2/c1-2-11-8-10(4-3-7-14)5-6-12(11)9-13(15)16/h5-6,8H,2-4,7,9H2,1H3,(H,15,16). The second-order valence-electron chi connectivity index (χ2n) is 3.82. The first-order chi connectivity index (χ1) is 7.67. The van der Waals surface area contributed by atoms with E-state index in [0.29, 0.717) is 0 Å². The average Bonchev–Trinajstić information content (AvgIpc) is 2.27. The number of carboxylic acids is 1. The number of carboxylic acid groups (broad SMARTS) is 1. The Labute approximate surface area is 105 Å². The number of carbonyl (C=O) groups is 1. The van der Waals surface area contributed by atoms with Crippen LogP contribution in [0.15, 0.2) is 18.2 Å². The first kappa shape index (κ1) is 13.2. The molecule has 0 saturated carbocycles. The monoisotopic (exact) mass is 284 g/mol. The van der Waals surface area contributed by atoms with Gasteiger partial charge in [0.1, 0.15) is 0 Å². The Morgan fingerprint density at radius 1 is 1.38 bits per heavy atom. The Morgan fingerprint density at radius 2 is 2.12 bits per heavy atom. The smallest absolute Gasteiger partial charge is 0.307 e. The molecule has 0 saturated heterocycles. The maximum atomic E-state index is 10.7. The summed E-state index contributed by atoms with van der Waals surface area (Å²) >= 11 is 3.41. The van der Waals surface area contributed by atoms with E-state index in [-0.39, 0.29) is 6.42 Å². The SMILES string of the molecule is CCc1cc(CCCBr)ccc1CC(=O)O. The summed E-state index contributed by atoms with van der Waals surface area (Å²) in [6.45, 7) is 2.06. The van der Waals surface area contributed by atoms with Crippen molar-refractivity contribution in [3.8, 4) is 0 Å². The van der Waals surface area contributed by atoms with Gasteiger partial charge in [-0.15, -0.1) is 0 Å². The molecule has 0 amide bonds. The van der Waals surface area contributed by atoms with Gasteiger partial charge in [0.2, 0.25) is 0 Å². The Morgan fingerprint density at radius 3 is 2.69 bits per heavy atom. The van der Waals surface area contributed by atoms with Crippen molar-refractivity contribution in [3.63, 3.8) is 0 Å². The van der Waals surface area contributed by atoms with Crippen molar-refractivity contribution in [1.82, 2.24) is 0 Å². The molecular weight excluding hydrogens is 268 g/mol. The maximum absolute atomic E-state index is 10.7. The summed E-state index contributed by atoms with van der Waals surface area (Å²) < 4.78 is 0. The summed E-state index contributed by atoms with van der Waals surface area (Å²) in [5, 5.41) is 9.80. The van der Waals surface area contributed by atoms with E-state index in [2.05, 4.69) is 28.9 Å². The number of rotatable bonds is 6. The normalized spacial score (nSPS) is 10.4. The number of hydrogen-bond acceptors (Lipinski definition) is 1. The lowest BCUT2D eigenvalue weighted by molar-refractivity contribution is -0.136. The van der Waals surface area contributed by atoms with E-state index in [0.717, 1.165) is 35.7 Å². The molecule has 0 fully saturated rings. The van der Waals surface area contributed by atoms with Gasteiger partial charge in [0.25, 0.3) is 0 Å². The largest absolute Gasteiger partial charge is 0.481 e. The number of alkyl halides is 1. The molecule has 1 aromatic carbocycles. The third kappa shape index (κ3) is 3.97. The van der Waals surface area contributed by atoms with Gasteiger partial charge in [-0.05, 0) is 36.0 Å². The van der Waals surface area contributed by atoms with Gasteiger partial charge in [0, 0.05) is 5.33 Å². The lowest BCUT2D eigenvalue weighted by Gasteiger charge is -2.08. The zero-order valence-electron chi connectivity index (χ0n) is 9.50. The van der Waals surface area contributed by atoms with E-state index >= 15 is 0 Å². The van der Waals surface area contributed by atoms with Crippen molar-refractivity contribution in [3.05, 3.63) is 34.9 Å². The molecule has 0 aliphatic rings. The second kappa shape index (κ2) is 6.69. The van der Waals surface area contributed by atoms with Crippen LogP contribution in [-0.2, 0) is 24.1 Å². The van der Waals surface area contributed by atoms with Crippen molar-refractivity contribution < 1.29 is 9.90 Å². The zero-order valence-corrected chi connectivity index (χ0v) is 11.1. The topological polar surface area (TPSA) is 37.3 Å². The van der Waals surface area contributed by atoms with Gasteiger partial charge in [-0.3, -0.25) is 4.79 Å². The molecule has 0 aliphatic heterocycles. The van der Waals surface area contributed by atoms with E-state index < -0.39 is 5.97 Å².